The number of rotatable bonds is 4. The Morgan fingerprint density at radius 1 is 1.38 bits per heavy atom. The summed E-state index contributed by atoms with van der Waals surface area (Å²) in [6, 6.07) is 9.59. The highest BCUT2D eigenvalue weighted by Gasteiger charge is 2.09. The van der Waals surface area contributed by atoms with E-state index in [9.17, 15) is 5.11 Å². The molecular formula is C11H13N3OS. The van der Waals surface area contributed by atoms with Gasteiger partial charge in [-0.15, -0.1) is 5.10 Å². The van der Waals surface area contributed by atoms with E-state index < -0.39 is 6.10 Å². The number of H-pyrrole nitrogens is 1. The number of nitrogens with one attached hydrogen (secondary N) is 1. The van der Waals surface area contributed by atoms with E-state index in [0.717, 1.165) is 11.4 Å². The lowest BCUT2D eigenvalue weighted by Gasteiger charge is -2.08. The zero-order valence-corrected chi connectivity index (χ0v) is 9.74. The summed E-state index contributed by atoms with van der Waals surface area (Å²) in [6.45, 7) is 1.85. The number of aliphatic hydroxyl groups is 1. The summed E-state index contributed by atoms with van der Waals surface area (Å²) in [6.07, 6.45) is -0.481. The fraction of sp³-hybridized carbons (Fsp3) is 0.273. The van der Waals surface area contributed by atoms with Gasteiger partial charge in [-0.3, -0.25) is 5.10 Å². The van der Waals surface area contributed by atoms with E-state index in [2.05, 4.69) is 15.2 Å². The van der Waals surface area contributed by atoms with Gasteiger partial charge < -0.3 is 5.11 Å². The summed E-state index contributed by atoms with van der Waals surface area (Å²) in [4.78, 5) is 4.16. The molecule has 0 amide bonds. The van der Waals surface area contributed by atoms with Gasteiger partial charge in [-0.1, -0.05) is 42.1 Å². The molecule has 1 aromatic carbocycles. The summed E-state index contributed by atoms with van der Waals surface area (Å²) in [5.74, 6) is 1.35. The Morgan fingerprint density at radius 2 is 2.12 bits per heavy atom. The number of aryl methyl sites for hydroxylation is 1. The van der Waals surface area contributed by atoms with Crippen molar-refractivity contribution in [3.05, 3.63) is 41.7 Å². The first-order valence-electron chi connectivity index (χ1n) is 5.00. The fourth-order valence-corrected chi connectivity index (χ4v) is 2.12. The topological polar surface area (TPSA) is 61.8 Å². The third-order valence-electron chi connectivity index (χ3n) is 2.13. The molecule has 2 rings (SSSR count). The average molecular weight is 235 g/mol. The van der Waals surface area contributed by atoms with Gasteiger partial charge >= 0.3 is 0 Å². The molecule has 0 saturated carbocycles. The molecular weight excluding hydrogens is 222 g/mol. The van der Waals surface area contributed by atoms with E-state index >= 15 is 0 Å². The molecule has 0 radical (unpaired) electrons. The molecule has 16 heavy (non-hydrogen) atoms. The van der Waals surface area contributed by atoms with Crippen LogP contribution in [0, 0.1) is 6.92 Å². The maximum Gasteiger partial charge on any atom is 0.208 e. The van der Waals surface area contributed by atoms with E-state index in [1.807, 2.05) is 37.3 Å². The predicted octanol–water partition coefficient (Wildman–Crippen LogP) is 1.94. The lowest BCUT2D eigenvalue weighted by atomic mass is 10.1. The number of hydrogen-bond acceptors (Lipinski definition) is 4. The first kappa shape index (κ1) is 11.2. The van der Waals surface area contributed by atoms with Crippen LogP contribution in [0.1, 0.15) is 17.5 Å². The Kier molecular flexibility index (Phi) is 3.58. The Bertz CT molecular complexity index is 444. The lowest BCUT2D eigenvalue weighted by molar-refractivity contribution is 0.204. The fourth-order valence-electron chi connectivity index (χ4n) is 1.31. The van der Waals surface area contributed by atoms with Crippen molar-refractivity contribution >= 4 is 11.8 Å². The minimum absolute atomic E-state index is 0.481. The van der Waals surface area contributed by atoms with E-state index in [1.54, 1.807) is 0 Å². The van der Waals surface area contributed by atoms with Crippen molar-refractivity contribution in [2.24, 2.45) is 0 Å². The zero-order valence-electron chi connectivity index (χ0n) is 8.92. The van der Waals surface area contributed by atoms with Crippen molar-refractivity contribution in [1.82, 2.24) is 15.2 Å². The number of aliphatic hydroxyl groups excluding tert-OH is 1. The third kappa shape index (κ3) is 2.84. The van der Waals surface area contributed by atoms with Gasteiger partial charge in [0.2, 0.25) is 5.16 Å². The van der Waals surface area contributed by atoms with Crippen LogP contribution in [0.25, 0.3) is 0 Å². The van der Waals surface area contributed by atoms with Crippen LogP contribution in [0.5, 0.6) is 0 Å². The van der Waals surface area contributed by atoms with Gasteiger partial charge in [-0.05, 0) is 12.5 Å². The van der Waals surface area contributed by atoms with Crippen LogP contribution in [0.2, 0.25) is 0 Å². The van der Waals surface area contributed by atoms with E-state index in [1.165, 1.54) is 11.8 Å². The second-order valence-corrected chi connectivity index (χ2v) is 4.43. The summed E-state index contributed by atoms with van der Waals surface area (Å²) in [5.41, 5.74) is 0.919. The minimum Gasteiger partial charge on any atom is -0.388 e. The molecule has 4 nitrogen and oxygen atoms in total. The normalized spacial score (nSPS) is 12.6. The van der Waals surface area contributed by atoms with E-state index in [-0.39, 0.29) is 0 Å². The first-order valence-corrected chi connectivity index (χ1v) is 5.99. The number of thioether (sulfide) groups is 1. The Morgan fingerprint density at radius 3 is 2.75 bits per heavy atom. The van der Waals surface area contributed by atoms with Gasteiger partial charge in [0.05, 0.1) is 6.10 Å². The Labute approximate surface area is 98.1 Å². The maximum atomic E-state index is 9.90. The van der Waals surface area contributed by atoms with Crippen LogP contribution in [0.4, 0.5) is 0 Å². The lowest BCUT2D eigenvalue weighted by Crippen LogP contribution is -2.00. The van der Waals surface area contributed by atoms with Crippen molar-refractivity contribution in [3.63, 3.8) is 0 Å². The molecule has 1 aromatic heterocycles. The quantitative estimate of drug-likeness (QED) is 0.795. The van der Waals surface area contributed by atoms with Crippen molar-refractivity contribution < 1.29 is 5.11 Å². The number of aromatic nitrogens is 3. The van der Waals surface area contributed by atoms with Gasteiger partial charge in [0, 0.05) is 5.75 Å². The monoisotopic (exact) mass is 235 g/mol. The zero-order chi connectivity index (χ0) is 11.4. The highest BCUT2D eigenvalue weighted by atomic mass is 32.2. The van der Waals surface area contributed by atoms with Crippen molar-refractivity contribution in [2.75, 3.05) is 5.75 Å². The second kappa shape index (κ2) is 5.14. The number of aromatic amines is 1. The van der Waals surface area contributed by atoms with Crippen LogP contribution in [-0.2, 0) is 0 Å². The van der Waals surface area contributed by atoms with Crippen LogP contribution in [-0.4, -0.2) is 26.0 Å². The van der Waals surface area contributed by atoms with Gasteiger partial charge in [0.25, 0.3) is 0 Å². The molecule has 1 heterocycles. The van der Waals surface area contributed by atoms with Crippen LogP contribution >= 0.6 is 11.8 Å². The Hall–Kier alpha value is -1.33. The molecule has 2 N–H and O–H groups in total. The molecule has 84 valence electrons. The Balaban J connectivity index is 1.91. The molecule has 1 atom stereocenters. The largest absolute Gasteiger partial charge is 0.388 e. The van der Waals surface area contributed by atoms with Crippen LogP contribution < -0.4 is 0 Å². The standard InChI is InChI=1S/C11H13N3OS/c1-8-12-11(14-13-8)16-7-10(15)9-5-3-2-4-6-9/h2-6,10,15H,7H2,1H3,(H,12,13,14). The molecule has 0 saturated heterocycles. The minimum atomic E-state index is -0.481. The highest BCUT2D eigenvalue weighted by Crippen LogP contribution is 2.21. The van der Waals surface area contributed by atoms with Crippen molar-refractivity contribution in [1.29, 1.82) is 0 Å². The van der Waals surface area contributed by atoms with Gasteiger partial charge in [-0.2, -0.15) is 0 Å². The first-order chi connectivity index (χ1) is 7.75. The van der Waals surface area contributed by atoms with Crippen LogP contribution in [0.3, 0.4) is 0 Å². The van der Waals surface area contributed by atoms with Gasteiger partial charge in [0.15, 0.2) is 0 Å². The molecule has 5 heteroatoms. The molecule has 0 aliphatic rings. The molecule has 0 aliphatic heterocycles. The number of nitrogens with zero attached hydrogens (tertiary/aromatic N) is 2. The molecule has 0 bridgehead atoms. The van der Waals surface area contributed by atoms with E-state index in [0.29, 0.717) is 10.9 Å². The van der Waals surface area contributed by atoms with E-state index in [4.69, 9.17) is 0 Å². The second-order valence-electron chi connectivity index (χ2n) is 3.44. The van der Waals surface area contributed by atoms with Gasteiger partial charge in [0.1, 0.15) is 5.82 Å². The highest BCUT2D eigenvalue weighted by molar-refractivity contribution is 7.99. The molecule has 1 unspecified atom stereocenters. The number of hydrogen-bond donors (Lipinski definition) is 2. The molecule has 0 spiro atoms. The van der Waals surface area contributed by atoms with Gasteiger partial charge in [-0.25, -0.2) is 4.98 Å². The maximum absolute atomic E-state index is 9.90. The summed E-state index contributed by atoms with van der Waals surface area (Å²) in [5, 5.41) is 17.3. The third-order valence-corrected chi connectivity index (χ3v) is 3.05. The number of benzene rings is 1. The van der Waals surface area contributed by atoms with Crippen molar-refractivity contribution in [2.45, 2.75) is 18.2 Å². The molecule has 0 aliphatic carbocycles. The van der Waals surface area contributed by atoms with Crippen molar-refractivity contribution in [3.8, 4) is 0 Å². The summed E-state index contributed by atoms with van der Waals surface area (Å²) >= 11 is 1.44. The average Bonchev–Trinajstić information content (AvgIpc) is 2.73. The predicted molar refractivity (Wildman–Crippen MR) is 63.2 cm³/mol. The summed E-state index contributed by atoms with van der Waals surface area (Å²) in [7, 11) is 0. The van der Waals surface area contributed by atoms with Crippen LogP contribution in [0.15, 0.2) is 35.5 Å². The SMILES string of the molecule is Cc1nc(SCC(O)c2ccccc2)n[nH]1. The smallest absolute Gasteiger partial charge is 0.208 e. The summed E-state index contributed by atoms with van der Waals surface area (Å²) < 4.78 is 0. The molecule has 0 fully saturated rings. The molecule has 2 aromatic rings.